The van der Waals surface area contributed by atoms with Crippen molar-refractivity contribution in [3.63, 3.8) is 0 Å². The summed E-state index contributed by atoms with van der Waals surface area (Å²) in [6.07, 6.45) is 7.14. The van der Waals surface area contributed by atoms with Crippen LogP contribution in [0.1, 0.15) is 37.8 Å². The number of fused-ring (bicyclic) bond motifs is 6. The van der Waals surface area contributed by atoms with Gasteiger partial charge in [0.25, 0.3) is 0 Å². The van der Waals surface area contributed by atoms with Crippen LogP contribution in [0.25, 0.3) is 38.6 Å². The van der Waals surface area contributed by atoms with E-state index in [0.29, 0.717) is 0 Å². The molecular weight excluding hydrogens is 426 g/mol. The topological polar surface area (TPSA) is 25.2 Å². The molecule has 0 bridgehead atoms. The van der Waals surface area contributed by atoms with Crippen molar-refractivity contribution in [1.82, 2.24) is 0 Å². The van der Waals surface area contributed by atoms with Crippen molar-refractivity contribution in [2.24, 2.45) is 0 Å². The average Bonchev–Trinajstić information content (AvgIpc) is 3.38. The zero-order chi connectivity index (χ0) is 23.6. The Balaban J connectivity index is 1.22. The first kappa shape index (κ1) is 20.3. The smallest absolute Gasteiger partial charge is 0.136 e. The van der Waals surface area contributed by atoms with Crippen molar-refractivity contribution in [3.8, 4) is 11.1 Å². The van der Waals surface area contributed by atoms with Crippen LogP contribution in [0.2, 0.25) is 0 Å². The Morgan fingerprint density at radius 3 is 2.37 bits per heavy atom. The number of anilines is 2. The summed E-state index contributed by atoms with van der Waals surface area (Å²) in [6.45, 7) is 4.70. The SMILES string of the molecule is CC1(C)C2=CCCC=C2c2ccc(Nc3ccc(-c4cccc5oc6ccccc6c45)cc3)cc21. The third-order valence-corrected chi connectivity index (χ3v) is 7.70. The lowest BCUT2D eigenvalue weighted by Gasteiger charge is -2.23. The van der Waals surface area contributed by atoms with Crippen LogP contribution in [-0.4, -0.2) is 0 Å². The molecule has 0 unspecified atom stereocenters. The summed E-state index contributed by atoms with van der Waals surface area (Å²) >= 11 is 0. The fourth-order valence-corrected chi connectivity index (χ4v) is 5.96. The maximum Gasteiger partial charge on any atom is 0.136 e. The van der Waals surface area contributed by atoms with Gasteiger partial charge in [-0.2, -0.15) is 0 Å². The average molecular weight is 454 g/mol. The fourth-order valence-electron chi connectivity index (χ4n) is 5.96. The lowest BCUT2D eigenvalue weighted by molar-refractivity contribution is 0.655. The molecule has 5 aromatic rings. The van der Waals surface area contributed by atoms with E-state index >= 15 is 0 Å². The van der Waals surface area contributed by atoms with Crippen LogP contribution in [0.3, 0.4) is 0 Å². The number of rotatable bonds is 3. The van der Waals surface area contributed by atoms with Crippen molar-refractivity contribution in [3.05, 3.63) is 114 Å². The largest absolute Gasteiger partial charge is 0.456 e. The predicted molar refractivity (Wildman–Crippen MR) is 147 cm³/mol. The fraction of sp³-hybridized carbons (Fsp3) is 0.152. The molecule has 1 heterocycles. The molecule has 0 spiro atoms. The van der Waals surface area contributed by atoms with Gasteiger partial charge in [-0.3, -0.25) is 0 Å². The van der Waals surface area contributed by atoms with Crippen molar-refractivity contribution in [2.75, 3.05) is 5.32 Å². The first-order chi connectivity index (χ1) is 17.1. The number of benzene rings is 4. The molecule has 0 aliphatic heterocycles. The Hall–Kier alpha value is -4.04. The number of furan rings is 1. The van der Waals surface area contributed by atoms with E-state index in [0.717, 1.165) is 40.8 Å². The molecule has 35 heavy (non-hydrogen) atoms. The van der Waals surface area contributed by atoms with Crippen LogP contribution in [0.15, 0.2) is 107 Å². The Morgan fingerprint density at radius 1 is 0.714 bits per heavy atom. The normalized spacial score (nSPS) is 16.1. The molecular formula is C33H27NO. The number of hydrogen-bond acceptors (Lipinski definition) is 2. The second kappa shape index (κ2) is 7.48. The molecule has 2 aliphatic rings. The zero-order valence-electron chi connectivity index (χ0n) is 20.1. The molecule has 7 rings (SSSR count). The molecule has 2 aliphatic carbocycles. The van der Waals surface area contributed by atoms with E-state index in [-0.39, 0.29) is 5.41 Å². The van der Waals surface area contributed by atoms with Crippen LogP contribution >= 0.6 is 0 Å². The maximum atomic E-state index is 6.09. The molecule has 2 nitrogen and oxygen atoms in total. The highest BCUT2D eigenvalue weighted by Crippen LogP contribution is 2.52. The number of hydrogen-bond donors (Lipinski definition) is 1. The Kier molecular flexibility index (Phi) is 4.35. The Labute approximate surface area is 205 Å². The summed E-state index contributed by atoms with van der Waals surface area (Å²) in [5.41, 5.74) is 12.2. The first-order valence-electron chi connectivity index (χ1n) is 12.4. The monoisotopic (exact) mass is 453 g/mol. The van der Waals surface area contributed by atoms with Crippen LogP contribution in [0.4, 0.5) is 11.4 Å². The van der Waals surface area contributed by atoms with Gasteiger partial charge in [-0.05, 0) is 82.6 Å². The molecule has 4 aromatic carbocycles. The van der Waals surface area contributed by atoms with Gasteiger partial charge in [0, 0.05) is 27.6 Å². The van der Waals surface area contributed by atoms with Crippen LogP contribution in [0, 0.1) is 0 Å². The van der Waals surface area contributed by atoms with Crippen LogP contribution < -0.4 is 5.32 Å². The highest BCUT2D eigenvalue weighted by Gasteiger charge is 2.38. The van der Waals surface area contributed by atoms with Gasteiger partial charge in [-0.1, -0.05) is 74.5 Å². The van der Waals surface area contributed by atoms with Gasteiger partial charge in [-0.15, -0.1) is 0 Å². The third-order valence-electron chi connectivity index (χ3n) is 7.70. The minimum Gasteiger partial charge on any atom is -0.456 e. The van der Waals surface area contributed by atoms with Crippen molar-refractivity contribution < 1.29 is 4.42 Å². The molecule has 0 atom stereocenters. The van der Waals surface area contributed by atoms with E-state index in [2.05, 4.69) is 98.0 Å². The Bertz CT molecular complexity index is 1680. The van der Waals surface area contributed by atoms with Crippen molar-refractivity contribution in [2.45, 2.75) is 32.1 Å². The Morgan fingerprint density at radius 2 is 1.49 bits per heavy atom. The van der Waals surface area contributed by atoms with E-state index < -0.39 is 0 Å². The number of allylic oxidation sites excluding steroid dienone is 4. The van der Waals surface area contributed by atoms with Crippen LogP contribution in [-0.2, 0) is 5.41 Å². The molecule has 1 N–H and O–H groups in total. The van der Waals surface area contributed by atoms with Gasteiger partial charge in [0.2, 0.25) is 0 Å². The summed E-state index contributed by atoms with van der Waals surface area (Å²) in [5, 5.41) is 5.97. The maximum absolute atomic E-state index is 6.09. The number of nitrogens with one attached hydrogen (secondary N) is 1. The van der Waals surface area contributed by atoms with Gasteiger partial charge in [-0.25, -0.2) is 0 Å². The molecule has 1 aromatic heterocycles. The highest BCUT2D eigenvalue weighted by molar-refractivity contribution is 6.12. The summed E-state index contributed by atoms with van der Waals surface area (Å²) in [5.74, 6) is 0. The lowest BCUT2D eigenvalue weighted by atomic mass is 9.80. The molecule has 0 saturated carbocycles. The molecule has 0 amide bonds. The summed E-state index contributed by atoms with van der Waals surface area (Å²) in [7, 11) is 0. The molecule has 0 radical (unpaired) electrons. The van der Waals surface area contributed by atoms with E-state index in [1.807, 2.05) is 18.2 Å². The molecule has 170 valence electrons. The van der Waals surface area contributed by atoms with E-state index in [9.17, 15) is 0 Å². The van der Waals surface area contributed by atoms with E-state index in [4.69, 9.17) is 4.42 Å². The van der Waals surface area contributed by atoms with Crippen molar-refractivity contribution in [1.29, 1.82) is 0 Å². The summed E-state index contributed by atoms with van der Waals surface area (Å²) in [6, 6.07) is 30.1. The molecule has 0 fully saturated rings. The second-order valence-electron chi connectivity index (χ2n) is 10.2. The molecule has 0 saturated heterocycles. The lowest BCUT2D eigenvalue weighted by Crippen LogP contribution is -2.16. The van der Waals surface area contributed by atoms with Gasteiger partial charge < -0.3 is 9.73 Å². The minimum absolute atomic E-state index is 0.0508. The summed E-state index contributed by atoms with van der Waals surface area (Å²) < 4.78 is 6.09. The standard InChI is InChI=1S/C33H27NO/c1-33(2)28-11-5-3-8-25(28)26-19-18-23(20-29(26)33)34-22-16-14-21(15-17-22)24-10-7-13-31-32(24)27-9-4-6-12-30(27)35-31/h4,6-20,34H,3,5H2,1-2H3. The third kappa shape index (κ3) is 3.10. The van der Waals surface area contributed by atoms with Gasteiger partial charge in [0.1, 0.15) is 11.2 Å². The number of para-hydroxylation sites is 1. The zero-order valence-corrected chi connectivity index (χ0v) is 20.1. The van der Waals surface area contributed by atoms with Crippen LogP contribution in [0.5, 0.6) is 0 Å². The van der Waals surface area contributed by atoms with Gasteiger partial charge in [0.05, 0.1) is 0 Å². The van der Waals surface area contributed by atoms with Gasteiger partial charge in [0.15, 0.2) is 0 Å². The van der Waals surface area contributed by atoms with E-state index in [1.54, 1.807) is 0 Å². The van der Waals surface area contributed by atoms with Crippen molar-refractivity contribution >= 4 is 38.9 Å². The predicted octanol–water partition coefficient (Wildman–Crippen LogP) is 9.39. The van der Waals surface area contributed by atoms with E-state index in [1.165, 1.54) is 38.8 Å². The second-order valence-corrected chi connectivity index (χ2v) is 10.2. The highest BCUT2D eigenvalue weighted by atomic mass is 16.3. The molecule has 2 heteroatoms. The summed E-state index contributed by atoms with van der Waals surface area (Å²) in [4.78, 5) is 0. The first-order valence-corrected chi connectivity index (χ1v) is 12.4. The quantitative estimate of drug-likeness (QED) is 0.294. The minimum atomic E-state index is 0.0508. The van der Waals surface area contributed by atoms with Gasteiger partial charge >= 0.3 is 0 Å².